The zero-order chi connectivity index (χ0) is 9.56. The van der Waals surface area contributed by atoms with Gasteiger partial charge in [-0.1, -0.05) is 0 Å². The van der Waals surface area contributed by atoms with Crippen LogP contribution >= 0.6 is 0 Å². The fraction of sp³-hybridized carbons (Fsp3) is 0.800. The Bertz CT molecular complexity index is 113. The monoisotopic (exact) mass is 170 g/mol. The third kappa shape index (κ3) is 4.50. The highest BCUT2D eigenvalue weighted by atomic mass is 16.1. The lowest BCUT2D eigenvalue weighted by Gasteiger charge is -2.30. The van der Waals surface area contributed by atoms with Crippen LogP contribution in [0.5, 0.6) is 0 Å². The molecule has 0 aromatic rings. The highest BCUT2D eigenvalue weighted by molar-refractivity contribution is 5.60. The molecule has 12 heavy (non-hydrogen) atoms. The zero-order valence-electron chi connectivity index (χ0n) is 8.58. The minimum Gasteiger partial charge on any atom is -0.303 e. The van der Waals surface area contributed by atoms with Gasteiger partial charge in [0, 0.05) is 18.5 Å². The van der Waals surface area contributed by atoms with E-state index in [-0.39, 0.29) is 0 Å². The van der Waals surface area contributed by atoms with Crippen molar-refractivity contribution in [3.63, 3.8) is 0 Å². The summed E-state index contributed by atoms with van der Waals surface area (Å²) < 4.78 is 0. The maximum absolute atomic E-state index is 10.1. The Labute approximate surface area is 75.9 Å². The Balaban J connectivity index is 3.71. The molecule has 0 atom stereocenters. The molecule has 0 bridgehead atoms. The topological polar surface area (TPSA) is 20.3 Å². The van der Waals surface area contributed by atoms with Crippen molar-refractivity contribution in [2.45, 2.75) is 46.2 Å². The zero-order valence-corrected chi connectivity index (χ0v) is 8.58. The molecular weight excluding hydrogens is 150 g/mol. The Morgan fingerprint density at radius 1 is 1.17 bits per heavy atom. The van der Waals surface area contributed by atoms with Crippen LogP contribution in [0.4, 0.5) is 0 Å². The van der Waals surface area contributed by atoms with Gasteiger partial charge in [-0.3, -0.25) is 4.90 Å². The van der Waals surface area contributed by atoms with E-state index in [1.165, 1.54) is 0 Å². The molecule has 2 heteroatoms. The minimum atomic E-state index is 0.560. The number of carbonyl (C=O) groups is 1. The summed E-state index contributed by atoms with van der Waals surface area (Å²) in [5.41, 5.74) is 0. The van der Waals surface area contributed by atoms with Crippen molar-refractivity contribution < 1.29 is 4.79 Å². The van der Waals surface area contributed by atoms with E-state index in [0.717, 1.165) is 19.3 Å². The summed E-state index contributed by atoms with van der Waals surface area (Å²) in [7, 11) is 0. The van der Waals surface area contributed by atoms with Crippen LogP contribution in [0.1, 0.15) is 34.1 Å². The van der Waals surface area contributed by atoms with Gasteiger partial charge in [0.15, 0.2) is 0 Å². The third-order valence-corrected chi connectivity index (χ3v) is 1.98. The molecule has 0 spiro atoms. The lowest BCUT2D eigenvalue weighted by Crippen LogP contribution is -2.37. The summed E-state index contributed by atoms with van der Waals surface area (Å²) >= 11 is 0. The second-order valence-corrected chi connectivity index (χ2v) is 3.59. The molecule has 0 N–H and O–H groups in total. The predicted octanol–water partition coefficient (Wildman–Crippen LogP) is 1.90. The average molecular weight is 170 g/mol. The van der Waals surface area contributed by atoms with Crippen LogP contribution in [0.3, 0.4) is 0 Å². The lowest BCUT2D eigenvalue weighted by molar-refractivity contribution is -0.105. The quantitative estimate of drug-likeness (QED) is 0.448. The van der Waals surface area contributed by atoms with Crippen LogP contribution in [-0.4, -0.2) is 29.8 Å². The van der Waals surface area contributed by atoms with Gasteiger partial charge in [-0.25, -0.2) is 0 Å². The summed E-state index contributed by atoms with van der Waals surface area (Å²) in [6, 6.07) is 1.12. The summed E-state index contributed by atoms with van der Waals surface area (Å²) in [6.07, 6.45) is 3.41. The van der Waals surface area contributed by atoms with Crippen molar-refractivity contribution in [2.24, 2.45) is 0 Å². The first-order chi connectivity index (χ1) is 5.59. The van der Waals surface area contributed by atoms with Crippen molar-refractivity contribution in [1.29, 1.82) is 0 Å². The van der Waals surface area contributed by atoms with Crippen LogP contribution in [0.2, 0.25) is 0 Å². The minimum absolute atomic E-state index is 0.560. The number of hydrogen-bond donors (Lipinski definition) is 0. The standard InChI is InChI=1S/C10H20NO/c1-9(2)11(10(3)4)7-5-6-8-12/h6,8-10H,5,7H2,1-4H3. The summed E-state index contributed by atoms with van der Waals surface area (Å²) in [5.74, 6) is 0. The van der Waals surface area contributed by atoms with E-state index >= 15 is 0 Å². The molecule has 0 saturated heterocycles. The molecule has 0 aromatic heterocycles. The number of unbranched alkanes of at least 4 members (excludes halogenated alkanes) is 1. The lowest BCUT2D eigenvalue weighted by atomic mass is 10.2. The first kappa shape index (κ1) is 11.6. The molecule has 0 aromatic carbocycles. The predicted molar refractivity (Wildman–Crippen MR) is 52.0 cm³/mol. The summed E-state index contributed by atoms with van der Waals surface area (Å²) in [5, 5.41) is 0. The highest BCUT2D eigenvalue weighted by Crippen LogP contribution is 2.05. The third-order valence-electron chi connectivity index (χ3n) is 1.98. The van der Waals surface area contributed by atoms with Crippen molar-refractivity contribution in [3.8, 4) is 0 Å². The van der Waals surface area contributed by atoms with Crippen LogP contribution in [0, 0.1) is 6.42 Å². The van der Waals surface area contributed by atoms with Gasteiger partial charge in [-0.05, 0) is 40.7 Å². The van der Waals surface area contributed by atoms with Gasteiger partial charge >= 0.3 is 0 Å². The van der Waals surface area contributed by atoms with E-state index in [0.29, 0.717) is 12.1 Å². The maximum atomic E-state index is 10.1. The molecule has 0 aliphatic heterocycles. The summed E-state index contributed by atoms with van der Waals surface area (Å²) in [6.45, 7) is 9.71. The highest BCUT2D eigenvalue weighted by Gasteiger charge is 2.11. The van der Waals surface area contributed by atoms with Gasteiger partial charge < -0.3 is 4.79 Å². The molecule has 0 rings (SSSR count). The van der Waals surface area contributed by atoms with Crippen molar-refractivity contribution in [2.75, 3.05) is 6.54 Å². The Morgan fingerprint density at radius 3 is 2.00 bits per heavy atom. The van der Waals surface area contributed by atoms with E-state index < -0.39 is 0 Å². The fourth-order valence-corrected chi connectivity index (χ4v) is 1.40. The Hall–Kier alpha value is -0.370. The Kier molecular flexibility index (Phi) is 5.99. The van der Waals surface area contributed by atoms with Crippen molar-refractivity contribution >= 4 is 6.29 Å². The van der Waals surface area contributed by atoms with Gasteiger partial charge in [0.25, 0.3) is 0 Å². The first-order valence-electron chi connectivity index (χ1n) is 4.62. The van der Waals surface area contributed by atoms with Gasteiger partial charge in [-0.15, -0.1) is 0 Å². The van der Waals surface area contributed by atoms with Crippen LogP contribution in [0.15, 0.2) is 0 Å². The molecule has 2 nitrogen and oxygen atoms in total. The van der Waals surface area contributed by atoms with E-state index in [4.69, 9.17) is 0 Å². The molecule has 1 radical (unpaired) electrons. The normalized spacial score (nSPS) is 11.6. The van der Waals surface area contributed by atoms with E-state index in [1.54, 1.807) is 6.42 Å². The molecule has 0 aliphatic rings. The molecule has 0 amide bonds. The second-order valence-electron chi connectivity index (χ2n) is 3.59. The van der Waals surface area contributed by atoms with Gasteiger partial charge in [-0.2, -0.15) is 0 Å². The number of nitrogens with zero attached hydrogens (tertiary/aromatic N) is 1. The molecule has 0 saturated carbocycles. The smallest absolute Gasteiger partial charge is 0.123 e. The fourth-order valence-electron chi connectivity index (χ4n) is 1.40. The van der Waals surface area contributed by atoms with Crippen LogP contribution < -0.4 is 0 Å². The number of hydrogen-bond acceptors (Lipinski definition) is 2. The summed E-state index contributed by atoms with van der Waals surface area (Å²) in [4.78, 5) is 12.4. The molecule has 71 valence electrons. The van der Waals surface area contributed by atoms with Crippen molar-refractivity contribution in [3.05, 3.63) is 6.42 Å². The number of carbonyl (C=O) groups excluding carboxylic acids is 1. The number of aldehydes is 1. The Morgan fingerprint density at radius 2 is 1.67 bits per heavy atom. The average Bonchev–Trinajstić information content (AvgIpc) is 1.96. The molecule has 0 aliphatic carbocycles. The largest absolute Gasteiger partial charge is 0.303 e. The second kappa shape index (κ2) is 6.18. The van der Waals surface area contributed by atoms with Crippen LogP contribution in [0.25, 0.3) is 0 Å². The van der Waals surface area contributed by atoms with Gasteiger partial charge in [0.2, 0.25) is 0 Å². The van der Waals surface area contributed by atoms with Crippen LogP contribution in [-0.2, 0) is 4.79 Å². The molecular formula is C10H20NO. The van der Waals surface area contributed by atoms with Crippen molar-refractivity contribution in [1.82, 2.24) is 4.90 Å². The van der Waals surface area contributed by atoms with Gasteiger partial charge in [0.05, 0.1) is 0 Å². The van der Waals surface area contributed by atoms with Gasteiger partial charge in [0.1, 0.15) is 6.29 Å². The molecule has 0 unspecified atom stereocenters. The molecule has 0 heterocycles. The van der Waals surface area contributed by atoms with E-state index in [1.807, 2.05) is 0 Å². The van der Waals surface area contributed by atoms with E-state index in [2.05, 4.69) is 32.6 Å². The van der Waals surface area contributed by atoms with E-state index in [9.17, 15) is 4.79 Å². The number of rotatable bonds is 6. The SMILES string of the molecule is CC(C)N(CC[CH]C=O)C(C)C. The first-order valence-corrected chi connectivity index (χ1v) is 4.62. The maximum Gasteiger partial charge on any atom is 0.123 e. The molecule has 0 fully saturated rings.